The second kappa shape index (κ2) is 6.31. The molecule has 2 unspecified atom stereocenters. The van der Waals surface area contributed by atoms with Gasteiger partial charge >= 0.3 is 0 Å². The Morgan fingerprint density at radius 3 is 2.50 bits per heavy atom. The van der Waals surface area contributed by atoms with E-state index in [1.807, 2.05) is 0 Å². The summed E-state index contributed by atoms with van der Waals surface area (Å²) in [5, 5.41) is 9.18. The Morgan fingerprint density at radius 2 is 1.83 bits per heavy atom. The van der Waals surface area contributed by atoms with E-state index in [9.17, 15) is 5.26 Å². The third-order valence-corrected chi connectivity index (χ3v) is 7.63. The standard InChI is InChI=1S/C22H37NO/c1-20(2,3)24-18-8-11-22(5)17(14-18)7-6-16-15-21(4,12-13-23)10-9-19(16)22/h16-19H,6-12,14-15H2,1-5H3/t16?,17-,18+,19?,21+,22-/m0/s1. The van der Waals surface area contributed by atoms with Gasteiger partial charge < -0.3 is 4.74 Å². The molecule has 0 amide bonds. The van der Waals surface area contributed by atoms with Crippen LogP contribution in [-0.2, 0) is 4.74 Å². The van der Waals surface area contributed by atoms with E-state index in [0.29, 0.717) is 11.5 Å². The molecule has 24 heavy (non-hydrogen) atoms. The lowest BCUT2D eigenvalue weighted by atomic mass is 9.47. The summed E-state index contributed by atoms with van der Waals surface area (Å²) in [4.78, 5) is 0. The van der Waals surface area contributed by atoms with E-state index in [1.165, 1.54) is 51.4 Å². The first-order valence-electron chi connectivity index (χ1n) is 10.2. The third-order valence-electron chi connectivity index (χ3n) is 7.63. The van der Waals surface area contributed by atoms with E-state index < -0.39 is 0 Å². The van der Waals surface area contributed by atoms with Gasteiger partial charge in [-0.05, 0) is 101 Å². The van der Waals surface area contributed by atoms with Gasteiger partial charge in [0, 0.05) is 6.42 Å². The fourth-order valence-electron chi connectivity index (χ4n) is 6.48. The van der Waals surface area contributed by atoms with Crippen LogP contribution in [0.5, 0.6) is 0 Å². The van der Waals surface area contributed by atoms with E-state index in [0.717, 1.165) is 24.2 Å². The lowest BCUT2D eigenvalue weighted by molar-refractivity contribution is -0.141. The summed E-state index contributed by atoms with van der Waals surface area (Å²) in [5.74, 6) is 2.59. The summed E-state index contributed by atoms with van der Waals surface area (Å²) in [6.07, 6.45) is 11.7. The zero-order chi connectivity index (χ0) is 17.6. The SMILES string of the molecule is CC(C)(C)O[C@@H]1CC[C@]2(C)C3CC[C@](C)(CC#N)CC3CC[C@H]2C1. The predicted octanol–water partition coefficient (Wildman–Crippen LogP) is 6.11. The van der Waals surface area contributed by atoms with Gasteiger partial charge in [-0.1, -0.05) is 13.8 Å². The van der Waals surface area contributed by atoms with E-state index in [2.05, 4.69) is 40.7 Å². The summed E-state index contributed by atoms with van der Waals surface area (Å²) in [7, 11) is 0. The van der Waals surface area contributed by atoms with Crippen molar-refractivity contribution < 1.29 is 4.74 Å². The minimum atomic E-state index is -0.0143. The molecule has 136 valence electrons. The van der Waals surface area contributed by atoms with Gasteiger partial charge in [0.25, 0.3) is 0 Å². The zero-order valence-electron chi connectivity index (χ0n) is 16.5. The van der Waals surface area contributed by atoms with Gasteiger partial charge in [0.1, 0.15) is 0 Å². The van der Waals surface area contributed by atoms with Crippen molar-refractivity contribution in [1.82, 2.24) is 0 Å². The molecule has 0 aromatic rings. The fraction of sp³-hybridized carbons (Fsp3) is 0.955. The second-order valence-corrected chi connectivity index (χ2v) is 10.7. The largest absolute Gasteiger partial charge is 0.373 e. The Morgan fingerprint density at radius 1 is 1.08 bits per heavy atom. The fourth-order valence-corrected chi connectivity index (χ4v) is 6.48. The number of nitrogens with zero attached hydrogens (tertiary/aromatic N) is 1. The number of fused-ring (bicyclic) bond motifs is 3. The molecule has 0 aromatic heterocycles. The van der Waals surface area contributed by atoms with Gasteiger partial charge in [0.2, 0.25) is 0 Å². The average Bonchev–Trinajstić information content (AvgIpc) is 2.46. The summed E-state index contributed by atoms with van der Waals surface area (Å²) < 4.78 is 6.34. The number of nitriles is 1. The lowest BCUT2D eigenvalue weighted by Crippen LogP contribution is -2.51. The van der Waals surface area contributed by atoms with E-state index >= 15 is 0 Å². The minimum Gasteiger partial charge on any atom is -0.373 e. The molecule has 2 heteroatoms. The maximum absolute atomic E-state index is 9.18. The van der Waals surface area contributed by atoms with Crippen LogP contribution in [0.2, 0.25) is 0 Å². The Bertz CT molecular complexity index is 501. The van der Waals surface area contributed by atoms with Crippen molar-refractivity contribution in [2.45, 2.75) is 104 Å². The summed E-state index contributed by atoms with van der Waals surface area (Å²) >= 11 is 0. The van der Waals surface area contributed by atoms with Crippen LogP contribution in [0.4, 0.5) is 0 Å². The highest BCUT2D eigenvalue weighted by Crippen LogP contribution is 2.61. The van der Waals surface area contributed by atoms with Gasteiger partial charge in [0.15, 0.2) is 0 Å². The number of hydrogen-bond donors (Lipinski definition) is 0. The Hall–Kier alpha value is -0.550. The predicted molar refractivity (Wildman–Crippen MR) is 98.5 cm³/mol. The molecule has 0 spiro atoms. The molecule has 3 fully saturated rings. The molecule has 0 saturated heterocycles. The molecule has 3 rings (SSSR count). The molecule has 2 nitrogen and oxygen atoms in total. The van der Waals surface area contributed by atoms with E-state index in [-0.39, 0.29) is 11.0 Å². The first kappa shape index (κ1) is 18.2. The van der Waals surface area contributed by atoms with E-state index in [4.69, 9.17) is 4.74 Å². The van der Waals surface area contributed by atoms with Gasteiger partial charge in [-0.25, -0.2) is 0 Å². The topological polar surface area (TPSA) is 33.0 Å². The Balaban J connectivity index is 1.69. The quantitative estimate of drug-likeness (QED) is 0.612. The molecule has 0 heterocycles. The molecule has 3 aliphatic carbocycles. The van der Waals surface area contributed by atoms with Crippen LogP contribution in [0.3, 0.4) is 0 Å². The molecule has 0 radical (unpaired) electrons. The van der Waals surface area contributed by atoms with E-state index in [1.54, 1.807) is 0 Å². The lowest BCUT2D eigenvalue weighted by Gasteiger charge is -2.59. The van der Waals surface area contributed by atoms with Gasteiger partial charge in [0.05, 0.1) is 17.8 Å². The molecule has 0 aliphatic heterocycles. The number of hydrogen-bond acceptors (Lipinski definition) is 2. The van der Waals surface area contributed by atoms with Crippen molar-refractivity contribution in [2.24, 2.45) is 28.6 Å². The number of rotatable bonds is 2. The van der Waals surface area contributed by atoms with Gasteiger partial charge in [-0.3, -0.25) is 0 Å². The molecular weight excluding hydrogens is 294 g/mol. The average molecular weight is 332 g/mol. The van der Waals surface area contributed by atoms with Crippen LogP contribution in [-0.4, -0.2) is 11.7 Å². The van der Waals surface area contributed by atoms with Crippen molar-refractivity contribution in [2.75, 3.05) is 0 Å². The maximum Gasteiger partial charge on any atom is 0.0627 e. The zero-order valence-corrected chi connectivity index (χ0v) is 16.5. The van der Waals surface area contributed by atoms with Gasteiger partial charge in [-0.2, -0.15) is 5.26 Å². The third kappa shape index (κ3) is 3.52. The highest BCUT2D eigenvalue weighted by atomic mass is 16.5. The molecule has 3 saturated carbocycles. The first-order chi connectivity index (χ1) is 11.2. The van der Waals surface area contributed by atoms with Crippen LogP contribution in [0.25, 0.3) is 0 Å². The maximum atomic E-state index is 9.18. The first-order valence-corrected chi connectivity index (χ1v) is 10.2. The Kier molecular flexibility index (Phi) is 4.80. The molecular formula is C22H37NO. The van der Waals surface area contributed by atoms with Crippen LogP contribution in [0, 0.1) is 39.9 Å². The minimum absolute atomic E-state index is 0.0143. The van der Waals surface area contributed by atoms with Crippen LogP contribution in [0.1, 0.15) is 92.4 Å². The van der Waals surface area contributed by atoms with Crippen molar-refractivity contribution in [3.63, 3.8) is 0 Å². The van der Waals surface area contributed by atoms with Crippen LogP contribution >= 0.6 is 0 Å². The summed E-state index contributed by atoms with van der Waals surface area (Å²) in [6.45, 7) is 11.5. The van der Waals surface area contributed by atoms with Crippen molar-refractivity contribution in [3.05, 3.63) is 0 Å². The molecule has 3 aliphatic rings. The highest BCUT2D eigenvalue weighted by molar-refractivity contribution is 5.04. The molecule has 0 bridgehead atoms. The van der Waals surface area contributed by atoms with Gasteiger partial charge in [-0.15, -0.1) is 0 Å². The second-order valence-electron chi connectivity index (χ2n) is 10.7. The molecule has 0 N–H and O–H groups in total. The molecule has 6 atom stereocenters. The highest BCUT2D eigenvalue weighted by Gasteiger charge is 2.53. The Labute approximate surface area is 149 Å². The van der Waals surface area contributed by atoms with Crippen molar-refractivity contribution >= 4 is 0 Å². The molecule has 0 aromatic carbocycles. The van der Waals surface area contributed by atoms with Crippen molar-refractivity contribution in [3.8, 4) is 6.07 Å². The smallest absolute Gasteiger partial charge is 0.0627 e. The summed E-state index contributed by atoms with van der Waals surface area (Å²) in [5.41, 5.74) is 0.792. The summed E-state index contributed by atoms with van der Waals surface area (Å²) in [6, 6.07) is 2.45. The number of ether oxygens (including phenoxy) is 1. The van der Waals surface area contributed by atoms with Crippen molar-refractivity contribution in [1.29, 1.82) is 5.26 Å². The van der Waals surface area contributed by atoms with Crippen LogP contribution < -0.4 is 0 Å². The van der Waals surface area contributed by atoms with Crippen LogP contribution in [0.15, 0.2) is 0 Å². The monoisotopic (exact) mass is 331 g/mol. The normalized spacial score (nSPS) is 45.8.